The van der Waals surface area contributed by atoms with Crippen LogP contribution < -0.4 is 4.74 Å². The van der Waals surface area contributed by atoms with Crippen molar-refractivity contribution >= 4 is 17.5 Å². The predicted octanol–water partition coefficient (Wildman–Crippen LogP) is 4.09. The lowest BCUT2D eigenvalue weighted by atomic mass is 9.92. The zero-order chi connectivity index (χ0) is 19.0. The largest absolute Gasteiger partial charge is 0.490 e. The molecule has 0 atom stereocenters. The number of fused-ring (bicyclic) bond motifs is 1. The Kier molecular flexibility index (Phi) is 4.71. The molecule has 1 fully saturated rings. The Morgan fingerprint density at radius 2 is 2.04 bits per heavy atom. The van der Waals surface area contributed by atoms with E-state index in [0.29, 0.717) is 34.0 Å². The van der Waals surface area contributed by atoms with E-state index in [1.807, 2.05) is 11.0 Å². The highest BCUT2D eigenvalue weighted by Gasteiger charge is 2.35. The van der Waals surface area contributed by atoms with E-state index >= 15 is 0 Å². The Hall–Kier alpha value is -2.65. The first-order valence-corrected chi connectivity index (χ1v) is 9.24. The molecule has 2 heterocycles. The Balaban J connectivity index is 1.36. The summed E-state index contributed by atoms with van der Waals surface area (Å²) in [5, 5.41) is 9.31. The average Bonchev–Trinajstić information content (AvgIpc) is 2.98. The minimum Gasteiger partial charge on any atom is -0.490 e. The van der Waals surface area contributed by atoms with Crippen molar-refractivity contribution < 1.29 is 13.9 Å². The number of carbonyl (C=O) groups excluding carboxylic acids is 1. The standard InChI is InChI=1S/C20H17ClFN3O2/c21-18-8-16(4-1-12(18)9-23)27-15-5-2-14(3-6-15)25-11-13-7-19(22)24-10-17(13)20(25)26/h1,4,7-8,10,14-15H,2-3,5-6,11H2. The molecule has 4 rings (SSSR count). The van der Waals surface area contributed by atoms with E-state index in [4.69, 9.17) is 21.6 Å². The minimum absolute atomic E-state index is 0.0458. The molecule has 138 valence electrons. The van der Waals surface area contributed by atoms with Crippen LogP contribution in [0.2, 0.25) is 5.02 Å². The summed E-state index contributed by atoms with van der Waals surface area (Å²) >= 11 is 6.05. The maximum atomic E-state index is 13.3. The van der Waals surface area contributed by atoms with Gasteiger partial charge >= 0.3 is 0 Å². The number of hydrogen-bond acceptors (Lipinski definition) is 4. The van der Waals surface area contributed by atoms with Gasteiger partial charge in [-0.3, -0.25) is 4.79 Å². The van der Waals surface area contributed by atoms with E-state index < -0.39 is 5.95 Å². The number of benzene rings is 1. The number of hydrogen-bond donors (Lipinski definition) is 0. The van der Waals surface area contributed by atoms with Gasteiger partial charge in [-0.1, -0.05) is 11.6 Å². The molecule has 0 N–H and O–H groups in total. The van der Waals surface area contributed by atoms with Crippen LogP contribution in [0.1, 0.15) is 47.2 Å². The topological polar surface area (TPSA) is 66.2 Å². The first kappa shape index (κ1) is 17.7. The molecule has 1 amide bonds. The van der Waals surface area contributed by atoms with E-state index in [9.17, 15) is 9.18 Å². The first-order chi connectivity index (χ1) is 13.0. The number of aromatic nitrogens is 1. The minimum atomic E-state index is -0.554. The van der Waals surface area contributed by atoms with Crippen LogP contribution in [0, 0.1) is 17.3 Å². The molecule has 1 aromatic carbocycles. The molecule has 1 aliphatic heterocycles. The van der Waals surface area contributed by atoms with Crippen molar-refractivity contribution in [3.05, 3.63) is 58.1 Å². The second kappa shape index (κ2) is 7.16. The molecule has 1 saturated carbocycles. The quantitative estimate of drug-likeness (QED) is 0.746. The van der Waals surface area contributed by atoms with Gasteiger partial charge in [-0.05, 0) is 49.4 Å². The second-order valence-electron chi connectivity index (χ2n) is 6.90. The molecule has 0 bridgehead atoms. The van der Waals surface area contributed by atoms with Gasteiger partial charge in [0, 0.05) is 24.8 Å². The third-order valence-electron chi connectivity index (χ3n) is 5.24. The lowest BCUT2D eigenvalue weighted by Gasteiger charge is -2.34. The summed E-state index contributed by atoms with van der Waals surface area (Å²) < 4.78 is 19.3. The molecule has 7 heteroatoms. The normalized spacial score (nSPS) is 21.7. The van der Waals surface area contributed by atoms with E-state index in [-0.39, 0.29) is 18.1 Å². The highest BCUT2D eigenvalue weighted by molar-refractivity contribution is 6.31. The number of amides is 1. The molecular formula is C20H17ClFN3O2. The van der Waals surface area contributed by atoms with E-state index in [0.717, 1.165) is 25.7 Å². The predicted molar refractivity (Wildman–Crippen MR) is 96.9 cm³/mol. The van der Waals surface area contributed by atoms with Crippen LogP contribution in [0.15, 0.2) is 30.5 Å². The van der Waals surface area contributed by atoms with Crippen molar-refractivity contribution in [2.24, 2.45) is 0 Å². The Morgan fingerprint density at radius 1 is 1.26 bits per heavy atom. The van der Waals surface area contributed by atoms with Crippen molar-refractivity contribution in [1.82, 2.24) is 9.88 Å². The van der Waals surface area contributed by atoms with Crippen LogP contribution in [0.3, 0.4) is 0 Å². The van der Waals surface area contributed by atoms with Gasteiger partial charge < -0.3 is 9.64 Å². The van der Waals surface area contributed by atoms with Gasteiger partial charge in [0.05, 0.1) is 22.3 Å². The lowest BCUT2D eigenvalue weighted by Crippen LogP contribution is -2.40. The molecule has 0 spiro atoms. The first-order valence-electron chi connectivity index (χ1n) is 8.87. The van der Waals surface area contributed by atoms with E-state index in [2.05, 4.69) is 4.98 Å². The summed E-state index contributed by atoms with van der Waals surface area (Å²) in [5.74, 6) is 0.0241. The number of ether oxygens (including phenoxy) is 1. The van der Waals surface area contributed by atoms with E-state index in [1.54, 1.807) is 18.2 Å². The number of nitriles is 1. The number of nitrogens with zero attached hydrogens (tertiary/aromatic N) is 3. The molecule has 27 heavy (non-hydrogen) atoms. The molecule has 5 nitrogen and oxygen atoms in total. The van der Waals surface area contributed by atoms with Crippen molar-refractivity contribution in [2.45, 2.75) is 44.4 Å². The molecule has 0 radical (unpaired) electrons. The Labute approximate surface area is 161 Å². The molecule has 0 saturated heterocycles. The van der Waals surface area contributed by atoms with Gasteiger partial charge in [0.25, 0.3) is 5.91 Å². The summed E-state index contributed by atoms with van der Waals surface area (Å²) in [6.07, 6.45) is 4.65. The molecule has 1 aliphatic carbocycles. The van der Waals surface area contributed by atoms with Gasteiger partial charge in [-0.2, -0.15) is 9.65 Å². The van der Waals surface area contributed by atoms with Crippen molar-refractivity contribution in [3.8, 4) is 11.8 Å². The molecular weight excluding hydrogens is 369 g/mol. The third kappa shape index (κ3) is 3.47. The van der Waals surface area contributed by atoms with Crippen LogP contribution in [-0.2, 0) is 6.54 Å². The second-order valence-corrected chi connectivity index (χ2v) is 7.31. The summed E-state index contributed by atoms with van der Waals surface area (Å²) in [7, 11) is 0. The van der Waals surface area contributed by atoms with Gasteiger partial charge in [-0.25, -0.2) is 4.98 Å². The van der Waals surface area contributed by atoms with Crippen LogP contribution >= 0.6 is 11.6 Å². The van der Waals surface area contributed by atoms with Gasteiger partial charge in [-0.15, -0.1) is 0 Å². The molecule has 2 aromatic rings. The molecule has 2 aliphatic rings. The third-order valence-corrected chi connectivity index (χ3v) is 5.55. The van der Waals surface area contributed by atoms with Gasteiger partial charge in [0.15, 0.2) is 0 Å². The summed E-state index contributed by atoms with van der Waals surface area (Å²) in [4.78, 5) is 18.0. The number of carbonyl (C=O) groups is 1. The number of rotatable bonds is 3. The maximum absolute atomic E-state index is 13.3. The Morgan fingerprint density at radius 3 is 2.74 bits per heavy atom. The highest BCUT2D eigenvalue weighted by atomic mass is 35.5. The zero-order valence-electron chi connectivity index (χ0n) is 14.5. The Bertz CT molecular complexity index is 935. The lowest BCUT2D eigenvalue weighted by molar-refractivity contribution is 0.0561. The number of pyridine rings is 1. The monoisotopic (exact) mass is 385 g/mol. The SMILES string of the molecule is N#Cc1ccc(OC2CCC(N3Cc4cc(F)ncc4C3=O)CC2)cc1Cl. The van der Waals surface area contributed by atoms with Crippen LogP contribution in [0.4, 0.5) is 4.39 Å². The molecule has 0 unspecified atom stereocenters. The summed E-state index contributed by atoms with van der Waals surface area (Å²) in [5.41, 5.74) is 1.63. The van der Waals surface area contributed by atoms with Gasteiger partial charge in [0.2, 0.25) is 5.95 Å². The van der Waals surface area contributed by atoms with Crippen LogP contribution in [0.5, 0.6) is 5.75 Å². The highest BCUT2D eigenvalue weighted by Crippen LogP contribution is 2.33. The molecule has 1 aromatic heterocycles. The van der Waals surface area contributed by atoms with E-state index in [1.165, 1.54) is 12.3 Å². The van der Waals surface area contributed by atoms with Gasteiger partial charge in [0.1, 0.15) is 11.8 Å². The zero-order valence-corrected chi connectivity index (χ0v) is 15.2. The van der Waals surface area contributed by atoms with Crippen LogP contribution in [0.25, 0.3) is 0 Å². The number of halogens is 2. The van der Waals surface area contributed by atoms with Crippen molar-refractivity contribution in [1.29, 1.82) is 5.26 Å². The summed E-state index contributed by atoms with van der Waals surface area (Å²) in [6, 6.07) is 8.55. The summed E-state index contributed by atoms with van der Waals surface area (Å²) in [6.45, 7) is 0.440. The average molecular weight is 386 g/mol. The fourth-order valence-electron chi connectivity index (χ4n) is 3.82. The van der Waals surface area contributed by atoms with Crippen LogP contribution in [-0.4, -0.2) is 27.9 Å². The fraction of sp³-hybridized carbons (Fsp3) is 0.350. The fourth-order valence-corrected chi connectivity index (χ4v) is 4.04. The maximum Gasteiger partial charge on any atom is 0.256 e. The smallest absolute Gasteiger partial charge is 0.256 e. The van der Waals surface area contributed by atoms with Crippen molar-refractivity contribution in [2.75, 3.05) is 0 Å². The van der Waals surface area contributed by atoms with Crippen molar-refractivity contribution in [3.63, 3.8) is 0 Å².